The lowest BCUT2D eigenvalue weighted by molar-refractivity contribution is -0.167. The van der Waals surface area contributed by atoms with Crippen LogP contribution in [0.5, 0.6) is 0 Å². The second-order valence-corrected chi connectivity index (χ2v) is 19.3. The molecule has 0 saturated heterocycles. The van der Waals surface area contributed by atoms with Gasteiger partial charge in [-0.15, -0.1) is 0 Å². The van der Waals surface area contributed by atoms with E-state index in [9.17, 15) is 14.4 Å². The average molecular weight is 962 g/mol. The maximum Gasteiger partial charge on any atom is 0.306 e. The van der Waals surface area contributed by atoms with Crippen LogP contribution in [-0.2, 0) is 28.6 Å². The van der Waals surface area contributed by atoms with Crippen LogP contribution in [0.1, 0.15) is 278 Å². The first-order valence-electron chi connectivity index (χ1n) is 29.2. The highest BCUT2D eigenvalue weighted by molar-refractivity contribution is 5.71. The smallest absolute Gasteiger partial charge is 0.306 e. The van der Waals surface area contributed by atoms with Crippen molar-refractivity contribution in [3.05, 3.63) is 85.1 Å². The monoisotopic (exact) mass is 961 g/mol. The molecule has 1 unspecified atom stereocenters. The van der Waals surface area contributed by atoms with Gasteiger partial charge >= 0.3 is 17.9 Å². The molecule has 396 valence electrons. The van der Waals surface area contributed by atoms with Gasteiger partial charge in [0, 0.05) is 19.3 Å². The Balaban J connectivity index is 4.40. The number of rotatable bonds is 52. The van der Waals surface area contributed by atoms with Gasteiger partial charge in [-0.05, 0) is 89.9 Å². The molecule has 0 aliphatic heterocycles. The molecule has 0 aromatic carbocycles. The van der Waals surface area contributed by atoms with E-state index in [-0.39, 0.29) is 31.1 Å². The van der Waals surface area contributed by atoms with Crippen molar-refractivity contribution >= 4 is 17.9 Å². The van der Waals surface area contributed by atoms with Crippen LogP contribution in [-0.4, -0.2) is 37.2 Å². The first-order chi connectivity index (χ1) is 34.0. The Hall–Kier alpha value is -3.41. The molecule has 0 fully saturated rings. The molecule has 69 heavy (non-hydrogen) atoms. The van der Waals surface area contributed by atoms with Crippen LogP contribution in [0.25, 0.3) is 0 Å². The molecule has 0 rings (SSSR count). The Kier molecular flexibility index (Phi) is 54.3. The first kappa shape index (κ1) is 65.6. The molecule has 0 amide bonds. The molecular formula is C63H108O6. The third-order valence-electron chi connectivity index (χ3n) is 12.5. The van der Waals surface area contributed by atoms with Crippen molar-refractivity contribution in [3.8, 4) is 0 Å². The van der Waals surface area contributed by atoms with E-state index in [2.05, 4.69) is 75.5 Å². The summed E-state index contributed by atoms with van der Waals surface area (Å²) in [6.07, 6.45) is 74.3. The van der Waals surface area contributed by atoms with Crippen molar-refractivity contribution in [2.45, 2.75) is 284 Å². The lowest BCUT2D eigenvalue weighted by Gasteiger charge is -2.18. The van der Waals surface area contributed by atoms with Crippen molar-refractivity contribution in [3.63, 3.8) is 0 Å². The summed E-state index contributed by atoms with van der Waals surface area (Å²) in [5, 5.41) is 0. The summed E-state index contributed by atoms with van der Waals surface area (Å²) in [6.45, 7) is 6.45. The number of unbranched alkanes of at least 4 members (excludes halogenated alkanes) is 31. The minimum absolute atomic E-state index is 0.0926. The van der Waals surface area contributed by atoms with Crippen LogP contribution in [0.15, 0.2) is 85.1 Å². The topological polar surface area (TPSA) is 78.9 Å². The van der Waals surface area contributed by atoms with Crippen molar-refractivity contribution in [1.29, 1.82) is 0 Å². The third-order valence-corrected chi connectivity index (χ3v) is 12.5. The molecule has 0 heterocycles. The zero-order chi connectivity index (χ0) is 50.0. The summed E-state index contributed by atoms with van der Waals surface area (Å²) < 4.78 is 16.8. The quantitative estimate of drug-likeness (QED) is 0.0199. The predicted molar refractivity (Wildman–Crippen MR) is 297 cm³/mol. The largest absolute Gasteiger partial charge is 0.462 e. The molecule has 0 bridgehead atoms. The molecule has 6 nitrogen and oxygen atoms in total. The fourth-order valence-corrected chi connectivity index (χ4v) is 8.09. The zero-order valence-electron chi connectivity index (χ0n) is 45.3. The van der Waals surface area contributed by atoms with Crippen molar-refractivity contribution in [2.24, 2.45) is 0 Å². The van der Waals surface area contributed by atoms with Crippen LogP contribution in [0.4, 0.5) is 0 Å². The summed E-state index contributed by atoms with van der Waals surface area (Å²) in [4.78, 5) is 38.2. The van der Waals surface area contributed by atoms with E-state index in [1.165, 1.54) is 167 Å². The normalized spacial score (nSPS) is 12.7. The number of carbonyl (C=O) groups excluding carboxylic acids is 3. The van der Waals surface area contributed by atoms with E-state index >= 15 is 0 Å². The molecular weight excluding hydrogens is 853 g/mol. The maximum absolute atomic E-state index is 12.9. The van der Waals surface area contributed by atoms with Crippen LogP contribution in [0.2, 0.25) is 0 Å². The van der Waals surface area contributed by atoms with Gasteiger partial charge in [0.15, 0.2) is 6.10 Å². The molecule has 0 spiro atoms. The van der Waals surface area contributed by atoms with Crippen molar-refractivity contribution in [2.75, 3.05) is 13.2 Å². The van der Waals surface area contributed by atoms with Crippen molar-refractivity contribution < 1.29 is 28.6 Å². The van der Waals surface area contributed by atoms with Crippen molar-refractivity contribution in [1.82, 2.24) is 0 Å². The van der Waals surface area contributed by atoms with Gasteiger partial charge in [-0.2, -0.15) is 0 Å². The lowest BCUT2D eigenvalue weighted by Crippen LogP contribution is -2.30. The molecule has 6 heteroatoms. The van der Waals surface area contributed by atoms with E-state index < -0.39 is 6.10 Å². The van der Waals surface area contributed by atoms with Gasteiger partial charge in [0.25, 0.3) is 0 Å². The zero-order valence-corrected chi connectivity index (χ0v) is 45.3. The molecule has 0 saturated carbocycles. The van der Waals surface area contributed by atoms with E-state index in [4.69, 9.17) is 14.2 Å². The lowest BCUT2D eigenvalue weighted by atomic mass is 10.1. The van der Waals surface area contributed by atoms with Gasteiger partial charge in [0.05, 0.1) is 0 Å². The molecule has 0 radical (unpaired) electrons. The summed E-state index contributed by atoms with van der Waals surface area (Å²) in [5.74, 6) is -0.934. The molecule has 0 aromatic rings. The van der Waals surface area contributed by atoms with E-state index in [1.54, 1.807) is 0 Å². The molecule has 1 atom stereocenters. The average Bonchev–Trinajstić information content (AvgIpc) is 3.35. The molecule has 0 aromatic heterocycles. The Morgan fingerprint density at radius 1 is 0.304 bits per heavy atom. The number of hydrogen-bond donors (Lipinski definition) is 0. The highest BCUT2D eigenvalue weighted by atomic mass is 16.6. The van der Waals surface area contributed by atoms with Gasteiger partial charge in [0.2, 0.25) is 0 Å². The summed E-state index contributed by atoms with van der Waals surface area (Å²) in [6, 6.07) is 0. The number of hydrogen-bond acceptors (Lipinski definition) is 6. The number of ether oxygens (including phenoxy) is 3. The number of carbonyl (C=O) groups is 3. The Bertz CT molecular complexity index is 1330. The summed E-state index contributed by atoms with van der Waals surface area (Å²) in [5.41, 5.74) is 0. The van der Waals surface area contributed by atoms with E-state index in [0.29, 0.717) is 19.3 Å². The Labute approximate surface area is 426 Å². The summed E-state index contributed by atoms with van der Waals surface area (Å²) in [7, 11) is 0. The SMILES string of the molecule is CC/C=C/C=C/C=C/C=C/CCCCCC(=O)OCC(COC(=O)CCCCCCCCCCCC/C=C/C=C/CCCCC)OC(=O)CCCCCCCCC/C=C/CCCCCCCCCC. The third kappa shape index (κ3) is 55.4. The minimum Gasteiger partial charge on any atom is -0.462 e. The van der Waals surface area contributed by atoms with Crippen LogP contribution < -0.4 is 0 Å². The standard InChI is InChI=1S/C63H108O6/c1-4-7-10-13-16-19-22-25-27-29-31-33-35-38-41-44-47-50-53-56-62(65)68-59-60(58-67-61(64)55-52-49-46-43-40-37-24-21-18-15-12-9-6-3)69-63(66)57-54-51-48-45-42-39-36-34-32-30-28-26-23-20-17-14-11-8-5-2/h9,12,15-16,18-19,21-22,24-25,30,32,37,40,60H,4-8,10-11,13-14,17,20,23,26-29,31,33-36,38-39,41-59H2,1-3H3/b12-9+,18-15+,19-16+,24-21+,25-22+,32-30+,40-37+. The van der Waals surface area contributed by atoms with Gasteiger partial charge in [-0.3, -0.25) is 14.4 Å². The van der Waals surface area contributed by atoms with Gasteiger partial charge < -0.3 is 14.2 Å². The fraction of sp³-hybridized carbons (Fsp3) is 0.730. The van der Waals surface area contributed by atoms with Crippen LogP contribution >= 0.6 is 0 Å². The predicted octanol–water partition coefficient (Wildman–Crippen LogP) is 19.5. The Morgan fingerprint density at radius 3 is 0.986 bits per heavy atom. The van der Waals surface area contributed by atoms with E-state index in [1.807, 2.05) is 30.4 Å². The highest BCUT2D eigenvalue weighted by Crippen LogP contribution is 2.15. The fourth-order valence-electron chi connectivity index (χ4n) is 8.09. The van der Waals surface area contributed by atoms with Gasteiger partial charge in [-0.25, -0.2) is 0 Å². The maximum atomic E-state index is 12.9. The minimum atomic E-state index is -0.797. The first-order valence-corrected chi connectivity index (χ1v) is 29.2. The highest BCUT2D eigenvalue weighted by Gasteiger charge is 2.19. The Morgan fingerprint density at radius 2 is 0.580 bits per heavy atom. The number of esters is 3. The second-order valence-electron chi connectivity index (χ2n) is 19.3. The van der Waals surface area contributed by atoms with Gasteiger partial charge in [-0.1, -0.05) is 254 Å². The molecule has 0 N–H and O–H groups in total. The van der Waals surface area contributed by atoms with Crippen LogP contribution in [0.3, 0.4) is 0 Å². The second kappa shape index (κ2) is 57.2. The summed E-state index contributed by atoms with van der Waals surface area (Å²) >= 11 is 0. The van der Waals surface area contributed by atoms with Gasteiger partial charge in [0.1, 0.15) is 13.2 Å². The van der Waals surface area contributed by atoms with Crippen LogP contribution in [0, 0.1) is 0 Å². The number of allylic oxidation sites excluding steroid dienone is 14. The molecule has 0 aliphatic carbocycles. The van der Waals surface area contributed by atoms with E-state index in [0.717, 1.165) is 70.6 Å². The molecule has 0 aliphatic rings.